The van der Waals surface area contributed by atoms with Crippen LogP contribution in [0.5, 0.6) is 0 Å². The van der Waals surface area contributed by atoms with Crippen molar-refractivity contribution in [3.63, 3.8) is 0 Å². The zero-order chi connectivity index (χ0) is 22.1. The standard InChI is InChI=1S/C13H13ClN4O2.C7H14O3/c1-2-13(7-19)5-3-9(20-13)18-6-4-8-10(15)16-12(14)17-11(8)18;1-2-3-4-5-6-10-7(8)9/h1,4,6,9,19H,3,5,7H2,(H2,15,16,17);2-6H2,1H3,(H,8,9). The molecule has 2 unspecified atom stereocenters. The molecule has 1 saturated heterocycles. The maximum absolute atomic E-state index is 9.81. The number of nitrogens with two attached hydrogens (primary N) is 1. The molecule has 0 aromatic carbocycles. The van der Waals surface area contributed by atoms with Crippen molar-refractivity contribution in [2.24, 2.45) is 0 Å². The van der Waals surface area contributed by atoms with Crippen LogP contribution in [0, 0.1) is 12.3 Å². The van der Waals surface area contributed by atoms with Crippen molar-refractivity contribution in [3.05, 3.63) is 17.5 Å². The Balaban J connectivity index is 0.000000274. The van der Waals surface area contributed by atoms with Gasteiger partial charge in [0, 0.05) is 6.20 Å². The number of aromatic nitrogens is 3. The highest BCUT2D eigenvalue weighted by Crippen LogP contribution is 2.37. The summed E-state index contributed by atoms with van der Waals surface area (Å²) in [6.07, 6.45) is 11.3. The molecule has 0 bridgehead atoms. The SMILES string of the molecule is C#CC1(CO)CCC(n2ccc3c(N)nc(Cl)nc32)O1.CCCCCCOC(=O)O. The van der Waals surface area contributed by atoms with E-state index in [1.165, 1.54) is 0 Å². The fourth-order valence-corrected chi connectivity index (χ4v) is 3.32. The first-order chi connectivity index (χ1) is 14.4. The molecule has 164 valence electrons. The Hall–Kier alpha value is -2.54. The summed E-state index contributed by atoms with van der Waals surface area (Å²) < 4.78 is 11.9. The highest BCUT2D eigenvalue weighted by Gasteiger charge is 2.39. The van der Waals surface area contributed by atoms with Crippen LogP contribution in [0.3, 0.4) is 0 Å². The second-order valence-corrected chi connectivity index (χ2v) is 7.26. The number of anilines is 1. The number of carboxylic acid groups (broad SMARTS) is 1. The van der Waals surface area contributed by atoms with Gasteiger partial charge in [0.05, 0.1) is 18.6 Å². The molecule has 10 heteroatoms. The second kappa shape index (κ2) is 11.0. The molecule has 0 spiro atoms. The summed E-state index contributed by atoms with van der Waals surface area (Å²) >= 11 is 5.84. The number of terminal acetylenes is 1. The Morgan fingerprint density at radius 3 is 2.87 bits per heavy atom. The van der Waals surface area contributed by atoms with Gasteiger partial charge in [-0.1, -0.05) is 32.1 Å². The third-order valence-corrected chi connectivity index (χ3v) is 4.95. The van der Waals surface area contributed by atoms with Crippen molar-refractivity contribution in [2.75, 3.05) is 18.9 Å². The van der Waals surface area contributed by atoms with E-state index in [2.05, 4.69) is 27.5 Å². The Kier molecular flexibility index (Phi) is 8.72. The van der Waals surface area contributed by atoms with Crippen molar-refractivity contribution in [1.82, 2.24) is 14.5 Å². The van der Waals surface area contributed by atoms with Gasteiger partial charge >= 0.3 is 6.16 Å². The molecule has 2 aromatic rings. The molecule has 3 heterocycles. The van der Waals surface area contributed by atoms with Crippen LogP contribution in [0.15, 0.2) is 12.3 Å². The minimum atomic E-state index is -1.17. The first-order valence-electron chi connectivity index (χ1n) is 9.77. The molecule has 1 aliphatic heterocycles. The summed E-state index contributed by atoms with van der Waals surface area (Å²) in [5.74, 6) is 2.84. The molecule has 0 amide bonds. The minimum Gasteiger partial charge on any atom is -0.450 e. The molecule has 30 heavy (non-hydrogen) atoms. The molecule has 9 nitrogen and oxygen atoms in total. The lowest BCUT2D eigenvalue weighted by atomic mass is 10.0. The van der Waals surface area contributed by atoms with Crippen LogP contribution in [0.25, 0.3) is 11.0 Å². The van der Waals surface area contributed by atoms with Gasteiger partial charge in [0.2, 0.25) is 5.28 Å². The average molecular weight is 439 g/mol. The normalized spacial score (nSPS) is 20.4. The molecular weight excluding hydrogens is 412 g/mol. The maximum Gasteiger partial charge on any atom is 0.505 e. The van der Waals surface area contributed by atoms with Crippen LogP contribution in [0.4, 0.5) is 10.6 Å². The van der Waals surface area contributed by atoms with Gasteiger partial charge in [-0.2, -0.15) is 4.98 Å². The summed E-state index contributed by atoms with van der Waals surface area (Å²) in [6, 6.07) is 1.80. The van der Waals surface area contributed by atoms with Crippen LogP contribution >= 0.6 is 11.6 Å². The van der Waals surface area contributed by atoms with Gasteiger partial charge in [-0.25, -0.2) is 9.78 Å². The van der Waals surface area contributed by atoms with Crippen LogP contribution in [0.2, 0.25) is 5.28 Å². The summed E-state index contributed by atoms with van der Waals surface area (Å²) in [5, 5.41) is 18.2. The predicted molar refractivity (Wildman–Crippen MR) is 113 cm³/mol. The van der Waals surface area contributed by atoms with Crippen molar-refractivity contribution >= 4 is 34.6 Å². The van der Waals surface area contributed by atoms with E-state index < -0.39 is 11.8 Å². The van der Waals surface area contributed by atoms with E-state index in [1.54, 1.807) is 12.3 Å². The Labute approximate surface area is 180 Å². The number of ether oxygens (including phenoxy) is 2. The highest BCUT2D eigenvalue weighted by molar-refractivity contribution is 6.28. The van der Waals surface area contributed by atoms with Crippen LogP contribution in [0.1, 0.15) is 51.7 Å². The number of nitrogens with zero attached hydrogens (tertiary/aromatic N) is 3. The lowest BCUT2D eigenvalue weighted by Gasteiger charge is -2.21. The largest absolute Gasteiger partial charge is 0.505 e. The van der Waals surface area contributed by atoms with Crippen molar-refractivity contribution in [2.45, 2.75) is 57.3 Å². The van der Waals surface area contributed by atoms with E-state index in [0.29, 0.717) is 36.3 Å². The third-order valence-electron chi connectivity index (χ3n) is 4.78. The molecule has 3 rings (SSSR count). The van der Waals surface area contributed by atoms with Gasteiger partial charge in [-0.05, 0) is 36.9 Å². The number of fused-ring (bicyclic) bond motifs is 1. The lowest BCUT2D eigenvalue weighted by molar-refractivity contribution is -0.0615. The summed E-state index contributed by atoms with van der Waals surface area (Å²) in [7, 11) is 0. The first-order valence-corrected chi connectivity index (χ1v) is 10.1. The molecule has 1 aliphatic rings. The Bertz CT molecular complexity index is 897. The number of aliphatic hydroxyl groups excluding tert-OH is 1. The summed E-state index contributed by atoms with van der Waals surface area (Å²) in [4.78, 5) is 17.9. The Morgan fingerprint density at radius 2 is 2.27 bits per heavy atom. The molecule has 0 aliphatic carbocycles. The maximum atomic E-state index is 9.81. The van der Waals surface area contributed by atoms with Crippen LogP contribution in [-0.2, 0) is 9.47 Å². The lowest BCUT2D eigenvalue weighted by Crippen LogP contribution is -2.31. The number of hydrogen-bond acceptors (Lipinski definition) is 7. The van der Waals surface area contributed by atoms with Crippen molar-refractivity contribution < 1.29 is 24.5 Å². The topological polar surface area (TPSA) is 133 Å². The molecule has 2 atom stereocenters. The molecule has 0 radical (unpaired) electrons. The Morgan fingerprint density at radius 1 is 1.50 bits per heavy atom. The van der Waals surface area contributed by atoms with Gasteiger partial charge < -0.3 is 30.0 Å². The first kappa shape index (κ1) is 23.7. The fraction of sp³-hybridized carbons (Fsp3) is 0.550. The zero-order valence-corrected chi connectivity index (χ0v) is 17.6. The zero-order valence-electron chi connectivity index (χ0n) is 16.9. The number of aliphatic hydroxyl groups is 1. The molecule has 1 fully saturated rings. The van der Waals surface area contributed by atoms with Crippen molar-refractivity contribution in [1.29, 1.82) is 0 Å². The molecular formula is C20H27ClN4O5. The van der Waals surface area contributed by atoms with E-state index in [9.17, 15) is 9.90 Å². The van der Waals surface area contributed by atoms with E-state index in [1.807, 2.05) is 4.57 Å². The van der Waals surface area contributed by atoms with E-state index in [4.69, 9.17) is 33.6 Å². The minimum absolute atomic E-state index is 0.0818. The van der Waals surface area contributed by atoms with Gasteiger partial charge in [0.15, 0.2) is 5.60 Å². The van der Waals surface area contributed by atoms with E-state index in [0.717, 1.165) is 25.7 Å². The summed E-state index contributed by atoms with van der Waals surface area (Å²) in [5.41, 5.74) is 5.48. The molecule has 0 saturated carbocycles. The summed E-state index contributed by atoms with van der Waals surface area (Å²) in [6.45, 7) is 2.24. The average Bonchev–Trinajstić information content (AvgIpc) is 3.33. The predicted octanol–water partition coefficient (Wildman–Crippen LogP) is 3.60. The van der Waals surface area contributed by atoms with Gasteiger partial charge in [0.1, 0.15) is 17.7 Å². The molecule has 2 aromatic heterocycles. The fourth-order valence-electron chi connectivity index (χ4n) is 3.15. The van der Waals surface area contributed by atoms with Gasteiger partial charge in [-0.15, -0.1) is 6.42 Å². The number of nitrogen functional groups attached to an aromatic ring is 1. The number of halogens is 1. The quantitative estimate of drug-likeness (QED) is 0.258. The third kappa shape index (κ3) is 5.98. The second-order valence-electron chi connectivity index (χ2n) is 6.92. The van der Waals surface area contributed by atoms with Crippen LogP contribution in [-0.4, -0.2) is 49.7 Å². The number of carbonyl (C=O) groups is 1. The number of rotatable bonds is 7. The van der Waals surface area contributed by atoms with Crippen molar-refractivity contribution in [3.8, 4) is 12.3 Å². The highest BCUT2D eigenvalue weighted by atomic mass is 35.5. The monoisotopic (exact) mass is 438 g/mol. The smallest absolute Gasteiger partial charge is 0.450 e. The number of hydrogen-bond donors (Lipinski definition) is 3. The molecule has 4 N–H and O–H groups in total. The number of unbranched alkanes of at least 4 members (excludes halogenated alkanes) is 3. The van der Waals surface area contributed by atoms with E-state index >= 15 is 0 Å². The van der Waals surface area contributed by atoms with Crippen LogP contribution < -0.4 is 5.73 Å². The van der Waals surface area contributed by atoms with E-state index in [-0.39, 0.29) is 18.1 Å². The van der Waals surface area contributed by atoms with Gasteiger partial charge in [0.25, 0.3) is 0 Å². The van der Waals surface area contributed by atoms with Gasteiger partial charge in [-0.3, -0.25) is 0 Å².